The summed E-state index contributed by atoms with van der Waals surface area (Å²) in [5.74, 6) is -1.13. The fourth-order valence-corrected chi connectivity index (χ4v) is 3.62. The number of nitrogens with zero attached hydrogens (tertiary/aromatic N) is 3. The van der Waals surface area contributed by atoms with Crippen LogP contribution in [0.15, 0.2) is 18.2 Å². The van der Waals surface area contributed by atoms with Gasteiger partial charge in [-0.25, -0.2) is 13.6 Å². The summed E-state index contributed by atoms with van der Waals surface area (Å²) < 4.78 is 26.9. The minimum Gasteiger partial charge on any atom is -0.366 e. The van der Waals surface area contributed by atoms with Crippen LogP contribution in [0.5, 0.6) is 0 Å². The molecule has 0 saturated carbocycles. The van der Waals surface area contributed by atoms with Crippen molar-refractivity contribution in [1.82, 2.24) is 15.1 Å². The predicted octanol–water partition coefficient (Wildman–Crippen LogP) is 2.28. The van der Waals surface area contributed by atoms with Crippen LogP contribution in [-0.4, -0.2) is 67.7 Å². The normalized spacial score (nSPS) is 21.6. The van der Waals surface area contributed by atoms with E-state index in [0.717, 1.165) is 38.5 Å². The first-order chi connectivity index (χ1) is 12.1. The number of benzene rings is 1. The molecule has 3 rings (SSSR count). The molecule has 0 bridgehead atoms. The Bertz CT molecular complexity index is 605. The molecule has 1 atom stereocenters. The summed E-state index contributed by atoms with van der Waals surface area (Å²) in [6.07, 6.45) is 2.12. The van der Waals surface area contributed by atoms with E-state index in [2.05, 4.69) is 17.1 Å². The van der Waals surface area contributed by atoms with Crippen molar-refractivity contribution < 1.29 is 13.6 Å². The molecular weight excluding hydrogens is 326 g/mol. The summed E-state index contributed by atoms with van der Waals surface area (Å²) in [4.78, 5) is 18.4. The smallest absolute Gasteiger partial charge is 0.317 e. The number of carbonyl (C=O) groups excluding carboxylic acids is 1. The van der Waals surface area contributed by atoms with Gasteiger partial charge in [0.2, 0.25) is 0 Å². The maximum Gasteiger partial charge on any atom is 0.317 e. The van der Waals surface area contributed by atoms with Crippen molar-refractivity contribution in [3.05, 3.63) is 29.8 Å². The monoisotopic (exact) mass is 352 g/mol. The van der Waals surface area contributed by atoms with Crippen molar-refractivity contribution in [3.63, 3.8) is 0 Å². The second kappa shape index (κ2) is 7.99. The highest BCUT2D eigenvalue weighted by Crippen LogP contribution is 2.21. The average molecular weight is 352 g/mol. The third-order valence-corrected chi connectivity index (χ3v) is 4.96. The van der Waals surface area contributed by atoms with Gasteiger partial charge in [-0.05, 0) is 31.5 Å². The first-order valence-electron chi connectivity index (χ1n) is 9.04. The number of likely N-dealkylation sites (tertiary alicyclic amines) is 1. The largest absolute Gasteiger partial charge is 0.366 e. The topological polar surface area (TPSA) is 38.8 Å². The van der Waals surface area contributed by atoms with E-state index in [-0.39, 0.29) is 12.1 Å². The Morgan fingerprint density at radius 3 is 2.64 bits per heavy atom. The second-order valence-electron chi connectivity index (χ2n) is 6.81. The molecule has 1 aromatic rings. The number of amides is 2. The van der Waals surface area contributed by atoms with Crippen LogP contribution in [-0.2, 0) is 0 Å². The van der Waals surface area contributed by atoms with Crippen LogP contribution in [0.3, 0.4) is 0 Å². The summed E-state index contributed by atoms with van der Waals surface area (Å²) in [5, 5.41) is 3.11. The van der Waals surface area contributed by atoms with E-state index in [4.69, 9.17) is 0 Å². The Morgan fingerprint density at radius 2 is 1.96 bits per heavy atom. The molecule has 1 aromatic carbocycles. The summed E-state index contributed by atoms with van der Waals surface area (Å²) in [5.41, 5.74) is 0.396. The van der Waals surface area contributed by atoms with Crippen LogP contribution >= 0.6 is 0 Å². The SMILES string of the molecule is CCCN1CC[C@H](NC(=O)N2CCN(c3ccc(F)cc3F)CC2)C1. The lowest BCUT2D eigenvalue weighted by molar-refractivity contribution is 0.190. The Labute approximate surface area is 147 Å². The van der Waals surface area contributed by atoms with E-state index in [1.165, 1.54) is 12.1 Å². The lowest BCUT2D eigenvalue weighted by Gasteiger charge is -2.36. The molecule has 138 valence electrons. The number of anilines is 1. The maximum atomic E-state index is 13.9. The van der Waals surface area contributed by atoms with Crippen LogP contribution in [0, 0.1) is 11.6 Å². The molecule has 2 saturated heterocycles. The lowest BCUT2D eigenvalue weighted by Crippen LogP contribution is -2.54. The molecule has 0 spiro atoms. The quantitative estimate of drug-likeness (QED) is 0.904. The molecule has 5 nitrogen and oxygen atoms in total. The number of piperazine rings is 1. The fraction of sp³-hybridized carbons (Fsp3) is 0.611. The number of rotatable bonds is 4. The number of hydrogen-bond acceptors (Lipinski definition) is 3. The van der Waals surface area contributed by atoms with Gasteiger partial charge in [0.15, 0.2) is 0 Å². The maximum absolute atomic E-state index is 13.9. The van der Waals surface area contributed by atoms with Gasteiger partial charge >= 0.3 is 6.03 Å². The Kier molecular flexibility index (Phi) is 5.73. The van der Waals surface area contributed by atoms with E-state index in [1.54, 1.807) is 4.90 Å². The summed E-state index contributed by atoms with van der Waals surface area (Å²) >= 11 is 0. The van der Waals surface area contributed by atoms with Crippen molar-refractivity contribution in [1.29, 1.82) is 0 Å². The van der Waals surface area contributed by atoms with Gasteiger partial charge in [-0.15, -0.1) is 0 Å². The molecule has 2 amide bonds. The third kappa shape index (κ3) is 4.39. The van der Waals surface area contributed by atoms with E-state index >= 15 is 0 Å². The van der Waals surface area contributed by atoms with E-state index in [1.807, 2.05) is 4.90 Å². The van der Waals surface area contributed by atoms with Crippen LogP contribution in [0.4, 0.5) is 19.3 Å². The van der Waals surface area contributed by atoms with Crippen molar-refractivity contribution in [2.45, 2.75) is 25.8 Å². The van der Waals surface area contributed by atoms with Gasteiger partial charge in [-0.2, -0.15) is 0 Å². The molecule has 2 aliphatic rings. The molecular formula is C18H26F2N4O. The highest BCUT2D eigenvalue weighted by Gasteiger charge is 2.27. The zero-order valence-corrected chi connectivity index (χ0v) is 14.7. The van der Waals surface area contributed by atoms with Crippen LogP contribution in [0.25, 0.3) is 0 Å². The van der Waals surface area contributed by atoms with Crippen LogP contribution in [0.1, 0.15) is 19.8 Å². The highest BCUT2D eigenvalue weighted by atomic mass is 19.1. The van der Waals surface area contributed by atoms with Crippen molar-refractivity contribution in [2.75, 3.05) is 50.7 Å². The number of carbonyl (C=O) groups is 1. The van der Waals surface area contributed by atoms with Gasteiger partial charge in [-0.1, -0.05) is 6.92 Å². The summed E-state index contributed by atoms with van der Waals surface area (Å²) in [6, 6.07) is 3.80. The molecule has 2 heterocycles. The number of urea groups is 1. The van der Waals surface area contributed by atoms with Gasteiger partial charge in [0.25, 0.3) is 0 Å². The molecule has 25 heavy (non-hydrogen) atoms. The third-order valence-electron chi connectivity index (χ3n) is 4.96. The zero-order chi connectivity index (χ0) is 17.8. The summed E-state index contributed by atoms with van der Waals surface area (Å²) in [7, 11) is 0. The first-order valence-corrected chi connectivity index (χ1v) is 9.04. The molecule has 0 aliphatic carbocycles. The Morgan fingerprint density at radius 1 is 1.20 bits per heavy atom. The predicted molar refractivity (Wildman–Crippen MR) is 93.8 cm³/mol. The molecule has 2 aliphatic heterocycles. The highest BCUT2D eigenvalue weighted by molar-refractivity contribution is 5.75. The van der Waals surface area contributed by atoms with E-state index in [0.29, 0.717) is 31.9 Å². The summed E-state index contributed by atoms with van der Waals surface area (Å²) in [6.45, 7) is 7.35. The number of halogens is 2. The van der Waals surface area contributed by atoms with Crippen molar-refractivity contribution in [2.24, 2.45) is 0 Å². The van der Waals surface area contributed by atoms with Crippen LogP contribution < -0.4 is 10.2 Å². The number of hydrogen-bond donors (Lipinski definition) is 1. The molecule has 7 heteroatoms. The van der Waals surface area contributed by atoms with Gasteiger partial charge < -0.3 is 20.0 Å². The molecule has 2 fully saturated rings. The second-order valence-corrected chi connectivity index (χ2v) is 6.81. The minimum atomic E-state index is -0.576. The number of nitrogens with one attached hydrogen (secondary N) is 1. The van der Waals surface area contributed by atoms with Gasteiger partial charge in [0.05, 0.1) is 5.69 Å². The van der Waals surface area contributed by atoms with Gasteiger partial charge in [0.1, 0.15) is 11.6 Å². The zero-order valence-electron chi connectivity index (χ0n) is 14.7. The Hall–Kier alpha value is -1.89. The minimum absolute atomic E-state index is 0.0393. The Balaban J connectivity index is 1.48. The van der Waals surface area contributed by atoms with Gasteiger partial charge in [0, 0.05) is 51.4 Å². The van der Waals surface area contributed by atoms with Gasteiger partial charge in [-0.3, -0.25) is 0 Å². The van der Waals surface area contributed by atoms with Crippen LogP contribution in [0.2, 0.25) is 0 Å². The first kappa shape index (κ1) is 17.9. The average Bonchev–Trinajstić information content (AvgIpc) is 3.02. The van der Waals surface area contributed by atoms with E-state index < -0.39 is 11.6 Å². The molecule has 0 unspecified atom stereocenters. The lowest BCUT2D eigenvalue weighted by atomic mass is 10.2. The van der Waals surface area contributed by atoms with E-state index in [9.17, 15) is 13.6 Å². The van der Waals surface area contributed by atoms with Crippen molar-refractivity contribution in [3.8, 4) is 0 Å². The van der Waals surface area contributed by atoms with Crippen molar-refractivity contribution >= 4 is 11.7 Å². The molecule has 0 aromatic heterocycles. The fourth-order valence-electron chi connectivity index (χ4n) is 3.62. The molecule has 1 N–H and O–H groups in total. The molecule has 0 radical (unpaired) electrons. The standard InChI is InChI=1S/C18H26F2N4O/c1-2-6-22-7-5-15(13-22)21-18(25)24-10-8-23(9-11-24)17-4-3-14(19)12-16(17)20/h3-4,12,15H,2,5-11,13H2,1H3,(H,21,25)/t15-/m0/s1.